The Labute approximate surface area is 135 Å². The number of nitrogens with one attached hydrogen (secondary N) is 1. The van der Waals surface area contributed by atoms with Crippen molar-refractivity contribution in [1.29, 1.82) is 0 Å². The number of likely N-dealkylation sites (tertiary alicyclic amines) is 1. The van der Waals surface area contributed by atoms with Gasteiger partial charge in [-0.25, -0.2) is 0 Å². The third-order valence-electron chi connectivity index (χ3n) is 4.94. The molecule has 1 spiro atoms. The number of piperidine rings is 1. The van der Waals surface area contributed by atoms with E-state index in [1.54, 1.807) is 0 Å². The molecule has 23 heavy (non-hydrogen) atoms. The summed E-state index contributed by atoms with van der Waals surface area (Å²) in [6.45, 7) is 2.82. The van der Waals surface area contributed by atoms with E-state index >= 15 is 0 Å². The van der Waals surface area contributed by atoms with Crippen LogP contribution in [-0.2, 0) is 20.7 Å². The van der Waals surface area contributed by atoms with Gasteiger partial charge in [-0.05, 0) is 35.6 Å². The van der Waals surface area contributed by atoms with Gasteiger partial charge in [-0.2, -0.15) is 0 Å². The first kappa shape index (κ1) is 14.7. The molecule has 1 aromatic carbocycles. The number of hydrogen-bond acceptors (Lipinski definition) is 3. The Morgan fingerprint density at radius 2 is 1.96 bits per heavy atom. The molecule has 2 aromatic rings. The molecule has 122 valence electrons. The average molecular weight is 314 g/mol. The normalized spacial score (nSPS) is 20.4. The molecule has 2 saturated heterocycles. The highest BCUT2D eigenvalue weighted by Crippen LogP contribution is 2.31. The summed E-state index contributed by atoms with van der Waals surface area (Å²) in [5.41, 5.74) is 2.35. The van der Waals surface area contributed by atoms with Crippen molar-refractivity contribution < 1.29 is 14.3 Å². The summed E-state index contributed by atoms with van der Waals surface area (Å²) in [5, 5.41) is 1.20. The van der Waals surface area contributed by atoms with Crippen molar-refractivity contribution in [3.63, 3.8) is 0 Å². The minimum atomic E-state index is -0.407. The Balaban J connectivity index is 1.31. The Morgan fingerprint density at radius 1 is 1.17 bits per heavy atom. The number of amides is 1. The van der Waals surface area contributed by atoms with Crippen molar-refractivity contribution >= 4 is 16.8 Å². The minimum Gasteiger partial charge on any atom is -0.361 e. The maximum atomic E-state index is 12.4. The van der Waals surface area contributed by atoms with Crippen LogP contribution in [-0.4, -0.2) is 47.9 Å². The van der Waals surface area contributed by atoms with Gasteiger partial charge in [-0.3, -0.25) is 4.79 Å². The fraction of sp³-hybridized carbons (Fsp3) is 0.500. The van der Waals surface area contributed by atoms with Gasteiger partial charge >= 0.3 is 0 Å². The van der Waals surface area contributed by atoms with Crippen LogP contribution in [0.5, 0.6) is 0 Å². The molecule has 2 aliphatic rings. The number of aryl methyl sites for hydroxylation is 1. The molecule has 4 rings (SSSR count). The van der Waals surface area contributed by atoms with Crippen LogP contribution in [0.3, 0.4) is 0 Å². The van der Waals surface area contributed by atoms with E-state index in [-0.39, 0.29) is 5.91 Å². The van der Waals surface area contributed by atoms with E-state index in [0.717, 1.165) is 37.9 Å². The fourth-order valence-corrected chi connectivity index (χ4v) is 3.55. The van der Waals surface area contributed by atoms with Gasteiger partial charge in [0.25, 0.3) is 0 Å². The fourth-order valence-electron chi connectivity index (χ4n) is 3.55. The molecule has 0 aliphatic carbocycles. The van der Waals surface area contributed by atoms with Gasteiger partial charge in [0.2, 0.25) is 5.91 Å². The van der Waals surface area contributed by atoms with Crippen LogP contribution in [0.2, 0.25) is 0 Å². The second-order valence-electron chi connectivity index (χ2n) is 6.39. The maximum absolute atomic E-state index is 12.4. The molecule has 0 bridgehead atoms. The lowest BCUT2D eigenvalue weighted by molar-refractivity contribution is -0.187. The van der Waals surface area contributed by atoms with Crippen LogP contribution in [0.25, 0.3) is 10.9 Å². The number of aromatic amines is 1. The summed E-state index contributed by atoms with van der Waals surface area (Å²) in [4.78, 5) is 17.6. The lowest BCUT2D eigenvalue weighted by Gasteiger charge is -2.37. The Kier molecular flexibility index (Phi) is 3.83. The molecule has 1 aromatic heterocycles. The first-order chi connectivity index (χ1) is 11.2. The minimum absolute atomic E-state index is 0.229. The van der Waals surface area contributed by atoms with Crippen molar-refractivity contribution in [2.24, 2.45) is 0 Å². The van der Waals surface area contributed by atoms with Crippen LogP contribution >= 0.6 is 0 Å². The second-order valence-corrected chi connectivity index (χ2v) is 6.39. The summed E-state index contributed by atoms with van der Waals surface area (Å²) in [7, 11) is 0. The van der Waals surface area contributed by atoms with Crippen molar-refractivity contribution in [3.8, 4) is 0 Å². The summed E-state index contributed by atoms with van der Waals surface area (Å²) >= 11 is 0. The number of ether oxygens (including phenoxy) is 2. The monoisotopic (exact) mass is 314 g/mol. The van der Waals surface area contributed by atoms with Gasteiger partial charge in [-0.1, -0.05) is 6.07 Å². The van der Waals surface area contributed by atoms with Crippen LogP contribution < -0.4 is 0 Å². The van der Waals surface area contributed by atoms with Crippen LogP contribution in [0, 0.1) is 0 Å². The van der Waals surface area contributed by atoms with Crippen LogP contribution in [0.4, 0.5) is 0 Å². The molecular formula is C18H22N2O3. The first-order valence-electron chi connectivity index (χ1n) is 8.36. The van der Waals surface area contributed by atoms with E-state index in [1.165, 1.54) is 10.9 Å². The highest BCUT2D eigenvalue weighted by Gasteiger charge is 2.40. The third-order valence-corrected chi connectivity index (χ3v) is 4.94. The van der Waals surface area contributed by atoms with Crippen LogP contribution in [0.1, 0.15) is 24.8 Å². The molecule has 0 unspecified atom stereocenters. The Bertz CT molecular complexity index is 693. The Morgan fingerprint density at radius 3 is 2.74 bits per heavy atom. The van der Waals surface area contributed by atoms with Gasteiger partial charge in [0, 0.05) is 44.1 Å². The zero-order valence-electron chi connectivity index (χ0n) is 13.2. The van der Waals surface area contributed by atoms with E-state index < -0.39 is 5.79 Å². The van der Waals surface area contributed by atoms with Gasteiger partial charge < -0.3 is 19.4 Å². The van der Waals surface area contributed by atoms with Crippen LogP contribution in [0.15, 0.2) is 30.5 Å². The van der Waals surface area contributed by atoms with E-state index in [0.29, 0.717) is 19.6 Å². The van der Waals surface area contributed by atoms with Crippen molar-refractivity contribution in [1.82, 2.24) is 9.88 Å². The zero-order chi connectivity index (χ0) is 15.7. The molecule has 0 atom stereocenters. The quantitative estimate of drug-likeness (QED) is 0.947. The standard InChI is InChI=1S/C18H22N2O3/c21-17(20-9-6-18(7-10-20)22-11-12-23-18)4-2-14-1-3-16-15(13-14)5-8-19-16/h1,3,5,8,13,19H,2,4,6-7,9-12H2. The molecule has 0 radical (unpaired) electrons. The number of H-pyrrole nitrogens is 1. The number of benzene rings is 1. The molecule has 2 fully saturated rings. The van der Waals surface area contributed by atoms with E-state index in [9.17, 15) is 4.79 Å². The smallest absolute Gasteiger partial charge is 0.222 e. The molecule has 5 heteroatoms. The molecular weight excluding hydrogens is 292 g/mol. The largest absolute Gasteiger partial charge is 0.361 e. The number of fused-ring (bicyclic) bond motifs is 1. The Hall–Kier alpha value is -1.85. The number of carbonyl (C=O) groups excluding carboxylic acids is 1. The maximum Gasteiger partial charge on any atom is 0.222 e. The lowest BCUT2D eigenvalue weighted by Crippen LogP contribution is -2.47. The van der Waals surface area contributed by atoms with Gasteiger partial charge in [0.1, 0.15) is 0 Å². The van der Waals surface area contributed by atoms with Crippen molar-refractivity contribution in [2.75, 3.05) is 26.3 Å². The van der Waals surface area contributed by atoms with Gasteiger partial charge in [0.15, 0.2) is 5.79 Å². The summed E-state index contributed by atoms with van der Waals surface area (Å²) in [5.74, 6) is -0.178. The molecule has 1 N–H and O–H groups in total. The number of nitrogens with zero attached hydrogens (tertiary/aromatic N) is 1. The van der Waals surface area contributed by atoms with Crippen molar-refractivity contribution in [2.45, 2.75) is 31.5 Å². The topological polar surface area (TPSA) is 54.6 Å². The summed E-state index contributed by atoms with van der Waals surface area (Å²) in [6.07, 6.45) is 4.86. The lowest BCUT2D eigenvalue weighted by atomic mass is 10.0. The molecule has 1 amide bonds. The first-order valence-corrected chi connectivity index (χ1v) is 8.36. The number of aromatic nitrogens is 1. The number of rotatable bonds is 3. The van der Waals surface area contributed by atoms with E-state index in [1.807, 2.05) is 11.1 Å². The summed E-state index contributed by atoms with van der Waals surface area (Å²) < 4.78 is 11.4. The predicted molar refractivity (Wildman–Crippen MR) is 87.1 cm³/mol. The zero-order valence-corrected chi connectivity index (χ0v) is 13.2. The highest BCUT2D eigenvalue weighted by atomic mass is 16.7. The van der Waals surface area contributed by atoms with E-state index in [2.05, 4.69) is 29.2 Å². The molecule has 0 saturated carbocycles. The molecule has 5 nitrogen and oxygen atoms in total. The number of hydrogen-bond donors (Lipinski definition) is 1. The number of carbonyl (C=O) groups is 1. The summed E-state index contributed by atoms with van der Waals surface area (Å²) in [6, 6.07) is 8.39. The second kappa shape index (κ2) is 5.98. The van der Waals surface area contributed by atoms with Crippen molar-refractivity contribution in [3.05, 3.63) is 36.0 Å². The van der Waals surface area contributed by atoms with E-state index in [4.69, 9.17) is 9.47 Å². The molecule has 3 heterocycles. The average Bonchev–Trinajstić information content (AvgIpc) is 3.22. The SMILES string of the molecule is O=C(CCc1ccc2[nH]ccc2c1)N1CCC2(CC1)OCCO2. The molecule has 2 aliphatic heterocycles. The predicted octanol–water partition coefficient (Wildman–Crippen LogP) is 2.47. The van der Waals surface area contributed by atoms with Gasteiger partial charge in [0.05, 0.1) is 13.2 Å². The third kappa shape index (κ3) is 2.99. The van der Waals surface area contributed by atoms with Gasteiger partial charge in [-0.15, -0.1) is 0 Å². The highest BCUT2D eigenvalue weighted by molar-refractivity contribution is 5.80.